The van der Waals surface area contributed by atoms with Crippen LogP contribution in [0.1, 0.15) is 25.7 Å². The maximum absolute atomic E-state index is 11.9. The number of β-amino-alcohol motifs (C(OH)–C–C–N with tert-alkyl or cyclic N) is 1. The highest BCUT2D eigenvalue weighted by molar-refractivity contribution is 5.82. The molecular weight excluding hydrogens is 180 g/mol. The van der Waals surface area contributed by atoms with E-state index in [1.54, 1.807) is 4.90 Å². The topological polar surface area (TPSA) is 52.6 Å². The molecule has 4 nitrogen and oxygen atoms in total. The van der Waals surface area contributed by atoms with Crippen molar-refractivity contribution in [1.82, 2.24) is 10.2 Å². The Bertz CT molecular complexity index is 207. The molecule has 2 atom stereocenters. The molecule has 0 aromatic rings. The molecule has 2 rings (SSSR count). The standard InChI is InChI=1S/C10H18N2O2/c13-8-4-6-12(7-8)10(14)9-3-1-2-5-11-9/h8-9,11,13H,1-7H2/t8-,9-/m1/s1. The Kier molecular flexibility index (Phi) is 3.03. The second-order valence-electron chi connectivity index (χ2n) is 4.23. The zero-order valence-electron chi connectivity index (χ0n) is 8.41. The van der Waals surface area contributed by atoms with Crippen LogP contribution >= 0.6 is 0 Å². The first kappa shape index (κ1) is 9.93. The second kappa shape index (κ2) is 4.28. The smallest absolute Gasteiger partial charge is 0.239 e. The Labute approximate surface area is 84.3 Å². The van der Waals surface area contributed by atoms with E-state index in [9.17, 15) is 9.90 Å². The molecule has 0 aromatic heterocycles. The number of nitrogens with one attached hydrogen (secondary N) is 1. The maximum Gasteiger partial charge on any atom is 0.239 e. The fourth-order valence-corrected chi connectivity index (χ4v) is 2.22. The summed E-state index contributed by atoms with van der Waals surface area (Å²) < 4.78 is 0. The molecule has 2 aliphatic rings. The minimum Gasteiger partial charge on any atom is -0.391 e. The molecule has 2 saturated heterocycles. The number of hydrogen-bond acceptors (Lipinski definition) is 3. The Balaban J connectivity index is 1.87. The van der Waals surface area contributed by atoms with Crippen molar-refractivity contribution in [3.8, 4) is 0 Å². The van der Waals surface area contributed by atoms with E-state index >= 15 is 0 Å². The quantitative estimate of drug-likeness (QED) is 0.609. The molecule has 0 spiro atoms. The van der Waals surface area contributed by atoms with E-state index in [0.717, 1.165) is 32.4 Å². The van der Waals surface area contributed by atoms with Crippen molar-refractivity contribution < 1.29 is 9.90 Å². The molecule has 2 N–H and O–H groups in total. The first-order valence-corrected chi connectivity index (χ1v) is 5.47. The van der Waals surface area contributed by atoms with Gasteiger partial charge in [-0.3, -0.25) is 4.79 Å². The Hall–Kier alpha value is -0.610. The molecule has 2 aliphatic heterocycles. The van der Waals surface area contributed by atoms with Crippen LogP contribution in [-0.4, -0.2) is 47.7 Å². The summed E-state index contributed by atoms with van der Waals surface area (Å²) in [5, 5.41) is 12.6. The summed E-state index contributed by atoms with van der Waals surface area (Å²) in [6.07, 6.45) is 3.69. The van der Waals surface area contributed by atoms with E-state index in [4.69, 9.17) is 0 Å². The van der Waals surface area contributed by atoms with Crippen molar-refractivity contribution in [3.05, 3.63) is 0 Å². The van der Waals surface area contributed by atoms with Gasteiger partial charge >= 0.3 is 0 Å². The number of amides is 1. The summed E-state index contributed by atoms with van der Waals surface area (Å²) in [5.74, 6) is 0.182. The van der Waals surface area contributed by atoms with Crippen LogP contribution in [-0.2, 0) is 4.79 Å². The van der Waals surface area contributed by atoms with Crippen LogP contribution < -0.4 is 5.32 Å². The normalized spacial score (nSPS) is 33.4. The molecule has 1 amide bonds. The molecule has 0 unspecified atom stereocenters. The summed E-state index contributed by atoms with van der Waals surface area (Å²) in [6.45, 7) is 2.20. The third-order valence-electron chi connectivity index (χ3n) is 3.08. The van der Waals surface area contributed by atoms with E-state index in [1.807, 2.05) is 0 Å². The maximum atomic E-state index is 11.9. The Morgan fingerprint density at radius 3 is 2.79 bits per heavy atom. The Morgan fingerprint density at radius 2 is 2.21 bits per heavy atom. The van der Waals surface area contributed by atoms with Gasteiger partial charge in [-0.2, -0.15) is 0 Å². The molecular formula is C10H18N2O2. The van der Waals surface area contributed by atoms with E-state index in [1.165, 1.54) is 6.42 Å². The number of aliphatic hydroxyl groups excluding tert-OH is 1. The van der Waals surface area contributed by atoms with E-state index in [2.05, 4.69) is 5.32 Å². The molecule has 0 radical (unpaired) electrons. The fraction of sp³-hybridized carbons (Fsp3) is 0.900. The third-order valence-corrected chi connectivity index (χ3v) is 3.08. The molecule has 14 heavy (non-hydrogen) atoms. The van der Waals surface area contributed by atoms with Crippen LogP contribution in [0.5, 0.6) is 0 Å². The number of hydrogen-bond donors (Lipinski definition) is 2. The zero-order valence-corrected chi connectivity index (χ0v) is 8.41. The number of aliphatic hydroxyl groups is 1. The molecule has 0 saturated carbocycles. The number of piperidine rings is 1. The average molecular weight is 198 g/mol. The lowest BCUT2D eigenvalue weighted by Crippen LogP contribution is -2.48. The van der Waals surface area contributed by atoms with Crippen LogP contribution in [0.2, 0.25) is 0 Å². The molecule has 2 heterocycles. The van der Waals surface area contributed by atoms with Gasteiger partial charge in [0.2, 0.25) is 5.91 Å². The SMILES string of the molecule is O=C([C@H]1CCCCN1)N1CC[C@@H](O)C1. The summed E-state index contributed by atoms with van der Waals surface area (Å²) in [7, 11) is 0. The number of likely N-dealkylation sites (tertiary alicyclic amines) is 1. The van der Waals surface area contributed by atoms with Gasteiger partial charge in [0.25, 0.3) is 0 Å². The van der Waals surface area contributed by atoms with Gasteiger partial charge in [-0.05, 0) is 25.8 Å². The highest BCUT2D eigenvalue weighted by Crippen LogP contribution is 2.14. The van der Waals surface area contributed by atoms with Crippen molar-refractivity contribution in [2.75, 3.05) is 19.6 Å². The van der Waals surface area contributed by atoms with Gasteiger partial charge in [0, 0.05) is 13.1 Å². The van der Waals surface area contributed by atoms with Gasteiger partial charge in [0.1, 0.15) is 0 Å². The first-order chi connectivity index (χ1) is 6.77. The molecule has 0 aromatic carbocycles. The lowest BCUT2D eigenvalue weighted by Gasteiger charge is -2.27. The van der Waals surface area contributed by atoms with Gasteiger partial charge < -0.3 is 15.3 Å². The number of nitrogens with zero attached hydrogens (tertiary/aromatic N) is 1. The van der Waals surface area contributed by atoms with Gasteiger partial charge in [-0.1, -0.05) is 6.42 Å². The van der Waals surface area contributed by atoms with Crippen LogP contribution in [0.15, 0.2) is 0 Å². The summed E-state index contributed by atoms with van der Waals surface area (Å²) >= 11 is 0. The molecule has 4 heteroatoms. The van der Waals surface area contributed by atoms with E-state index in [-0.39, 0.29) is 18.1 Å². The number of carbonyl (C=O) groups is 1. The van der Waals surface area contributed by atoms with Crippen molar-refractivity contribution in [2.45, 2.75) is 37.8 Å². The highest BCUT2D eigenvalue weighted by Gasteiger charge is 2.30. The minimum atomic E-state index is -0.303. The van der Waals surface area contributed by atoms with Crippen molar-refractivity contribution in [1.29, 1.82) is 0 Å². The fourth-order valence-electron chi connectivity index (χ4n) is 2.22. The van der Waals surface area contributed by atoms with E-state index in [0.29, 0.717) is 6.54 Å². The van der Waals surface area contributed by atoms with Gasteiger partial charge in [-0.25, -0.2) is 0 Å². The average Bonchev–Trinajstić information content (AvgIpc) is 2.65. The van der Waals surface area contributed by atoms with Crippen LogP contribution in [0.4, 0.5) is 0 Å². The van der Waals surface area contributed by atoms with Crippen LogP contribution in [0.3, 0.4) is 0 Å². The largest absolute Gasteiger partial charge is 0.391 e. The van der Waals surface area contributed by atoms with Crippen molar-refractivity contribution >= 4 is 5.91 Å². The van der Waals surface area contributed by atoms with Gasteiger partial charge in [0.05, 0.1) is 12.1 Å². The van der Waals surface area contributed by atoms with Crippen molar-refractivity contribution in [3.63, 3.8) is 0 Å². The monoisotopic (exact) mass is 198 g/mol. The van der Waals surface area contributed by atoms with Gasteiger partial charge in [0.15, 0.2) is 0 Å². The number of carbonyl (C=O) groups excluding carboxylic acids is 1. The predicted molar refractivity (Wildman–Crippen MR) is 52.8 cm³/mol. The predicted octanol–water partition coefficient (Wildman–Crippen LogP) is -0.278. The van der Waals surface area contributed by atoms with Gasteiger partial charge in [-0.15, -0.1) is 0 Å². The highest BCUT2D eigenvalue weighted by atomic mass is 16.3. The number of rotatable bonds is 1. The molecule has 0 bridgehead atoms. The summed E-state index contributed by atoms with van der Waals surface area (Å²) in [5.41, 5.74) is 0. The van der Waals surface area contributed by atoms with Crippen molar-refractivity contribution in [2.24, 2.45) is 0 Å². The minimum absolute atomic E-state index is 0.00838. The zero-order chi connectivity index (χ0) is 9.97. The lowest BCUT2D eigenvalue weighted by molar-refractivity contribution is -0.133. The van der Waals surface area contributed by atoms with E-state index < -0.39 is 0 Å². The molecule has 2 fully saturated rings. The second-order valence-corrected chi connectivity index (χ2v) is 4.23. The Morgan fingerprint density at radius 1 is 1.36 bits per heavy atom. The summed E-state index contributed by atoms with van der Waals surface area (Å²) in [6, 6.07) is 0.00838. The first-order valence-electron chi connectivity index (χ1n) is 5.47. The van der Waals surface area contributed by atoms with Crippen LogP contribution in [0.25, 0.3) is 0 Å². The third kappa shape index (κ3) is 2.07. The lowest BCUT2D eigenvalue weighted by atomic mass is 10.0. The molecule has 0 aliphatic carbocycles. The molecule has 80 valence electrons. The van der Waals surface area contributed by atoms with Crippen LogP contribution in [0, 0.1) is 0 Å². The summed E-state index contributed by atoms with van der Waals surface area (Å²) in [4.78, 5) is 13.7.